The normalized spacial score (nSPS) is 13.9. The predicted octanol–water partition coefficient (Wildman–Crippen LogP) is 20.0. The molecule has 0 aromatic rings. The standard InChI is InChI=1S/C67H118NO8P/c1-6-8-10-12-14-16-18-20-22-24-26-27-28-29-30-31-32-33-34-35-36-37-38-39-40-41-42-44-46-48-50-52-54-56-58-60-67(70)76-65(64-75-77(71,72)74-62-61-68(3,4)5)63-73-66(69)59-57-55-53-51-49-47-45-43-25-23-21-19-17-15-13-11-9-7-2/h8,10,14,16,20,22,26-27,29-30,32-33,35-36,38-39,65H,6-7,9,11-13,15,17-19,21,23-25,28,31,34,37,40-64H2,1-5H3/p+1/b10-8-,16-14-,22-20-,27-26-,30-29-,33-32-,36-35-,39-38-. The van der Waals surface area contributed by atoms with E-state index in [1.807, 2.05) is 21.1 Å². The van der Waals surface area contributed by atoms with Crippen LogP contribution in [0.2, 0.25) is 0 Å². The van der Waals surface area contributed by atoms with Crippen molar-refractivity contribution in [3.05, 3.63) is 97.2 Å². The van der Waals surface area contributed by atoms with Crippen LogP contribution in [-0.2, 0) is 32.7 Å². The van der Waals surface area contributed by atoms with Gasteiger partial charge in [0.05, 0.1) is 27.7 Å². The fraction of sp³-hybridized carbons (Fsp3) is 0.731. The largest absolute Gasteiger partial charge is 0.472 e. The maximum Gasteiger partial charge on any atom is 0.472 e. The summed E-state index contributed by atoms with van der Waals surface area (Å²) in [4.78, 5) is 35.7. The van der Waals surface area contributed by atoms with Gasteiger partial charge in [-0.1, -0.05) is 272 Å². The van der Waals surface area contributed by atoms with E-state index in [0.29, 0.717) is 17.4 Å². The maximum absolute atomic E-state index is 12.8. The lowest BCUT2D eigenvalue weighted by Gasteiger charge is -2.24. The van der Waals surface area contributed by atoms with Gasteiger partial charge in [0, 0.05) is 12.8 Å². The number of nitrogens with zero attached hydrogens (tertiary/aromatic N) is 1. The molecule has 10 heteroatoms. The van der Waals surface area contributed by atoms with E-state index in [4.69, 9.17) is 18.5 Å². The summed E-state index contributed by atoms with van der Waals surface area (Å²) in [7, 11) is 1.47. The van der Waals surface area contributed by atoms with E-state index in [0.717, 1.165) is 96.3 Å². The van der Waals surface area contributed by atoms with E-state index in [1.54, 1.807) is 0 Å². The van der Waals surface area contributed by atoms with Crippen LogP contribution in [0, 0.1) is 0 Å². The minimum atomic E-state index is -4.39. The Morgan fingerprint density at radius 2 is 0.740 bits per heavy atom. The predicted molar refractivity (Wildman–Crippen MR) is 330 cm³/mol. The number of esters is 2. The number of phosphoric acid groups is 1. The topological polar surface area (TPSA) is 108 Å². The van der Waals surface area contributed by atoms with Gasteiger partial charge in [-0.25, -0.2) is 4.57 Å². The molecule has 0 saturated carbocycles. The highest BCUT2D eigenvalue weighted by Crippen LogP contribution is 2.43. The number of carbonyl (C=O) groups is 2. The van der Waals surface area contributed by atoms with Crippen LogP contribution in [-0.4, -0.2) is 74.9 Å². The molecule has 0 aliphatic heterocycles. The zero-order valence-corrected chi connectivity index (χ0v) is 51.3. The Kier molecular flexibility index (Phi) is 55.3. The first-order chi connectivity index (χ1) is 37.5. The minimum Gasteiger partial charge on any atom is -0.462 e. The Bertz CT molecular complexity index is 1620. The molecule has 1 N–H and O–H groups in total. The number of ether oxygens (including phenoxy) is 2. The highest BCUT2D eigenvalue weighted by atomic mass is 31.2. The molecular weight excluding hydrogens is 978 g/mol. The molecular formula is C67H119NO8P+. The van der Waals surface area contributed by atoms with Gasteiger partial charge in [-0.2, -0.15) is 0 Å². The Morgan fingerprint density at radius 3 is 1.10 bits per heavy atom. The van der Waals surface area contributed by atoms with E-state index >= 15 is 0 Å². The molecule has 0 rings (SSSR count). The first kappa shape index (κ1) is 73.9. The van der Waals surface area contributed by atoms with Crippen LogP contribution in [0.3, 0.4) is 0 Å². The molecule has 0 aromatic heterocycles. The van der Waals surface area contributed by atoms with Crippen molar-refractivity contribution in [3.63, 3.8) is 0 Å². The van der Waals surface area contributed by atoms with Crippen LogP contribution in [0.15, 0.2) is 97.2 Å². The van der Waals surface area contributed by atoms with Crippen molar-refractivity contribution in [2.45, 2.75) is 270 Å². The third-order valence-electron chi connectivity index (χ3n) is 13.4. The summed E-state index contributed by atoms with van der Waals surface area (Å²) >= 11 is 0. The lowest BCUT2D eigenvalue weighted by Crippen LogP contribution is -2.37. The van der Waals surface area contributed by atoms with Gasteiger partial charge in [0.25, 0.3) is 0 Å². The summed E-state index contributed by atoms with van der Waals surface area (Å²) < 4.78 is 34.6. The van der Waals surface area contributed by atoms with Gasteiger partial charge in [-0.05, 0) is 77.0 Å². The van der Waals surface area contributed by atoms with Gasteiger partial charge >= 0.3 is 19.8 Å². The summed E-state index contributed by atoms with van der Waals surface area (Å²) in [6.07, 6.45) is 79.1. The number of unbranched alkanes of at least 4 members (excludes halogenated alkanes) is 27. The summed E-state index contributed by atoms with van der Waals surface area (Å²) in [6.45, 7) is 4.34. The van der Waals surface area contributed by atoms with Crippen molar-refractivity contribution in [1.82, 2.24) is 0 Å². The fourth-order valence-corrected chi connectivity index (χ4v) is 9.30. The quantitative estimate of drug-likeness (QED) is 0.0211. The van der Waals surface area contributed by atoms with Crippen LogP contribution in [0.25, 0.3) is 0 Å². The number of hydrogen-bond donors (Lipinski definition) is 1. The Morgan fingerprint density at radius 1 is 0.416 bits per heavy atom. The van der Waals surface area contributed by atoms with Crippen LogP contribution < -0.4 is 0 Å². The van der Waals surface area contributed by atoms with Crippen molar-refractivity contribution in [2.24, 2.45) is 0 Å². The number of hydrogen-bond acceptors (Lipinski definition) is 7. The average Bonchev–Trinajstić information content (AvgIpc) is 3.39. The minimum absolute atomic E-state index is 0.0285. The molecule has 0 bridgehead atoms. The average molecular weight is 1100 g/mol. The van der Waals surface area contributed by atoms with E-state index < -0.39 is 26.5 Å². The molecule has 0 heterocycles. The molecule has 77 heavy (non-hydrogen) atoms. The molecule has 2 atom stereocenters. The number of rotatable bonds is 57. The molecule has 0 aliphatic rings. The Labute approximate surface area is 474 Å². The number of quaternary nitrogens is 1. The summed E-state index contributed by atoms with van der Waals surface area (Å²) in [5.74, 6) is -0.797. The van der Waals surface area contributed by atoms with E-state index in [9.17, 15) is 19.0 Å². The van der Waals surface area contributed by atoms with Crippen LogP contribution in [0.4, 0.5) is 0 Å². The third-order valence-corrected chi connectivity index (χ3v) is 14.4. The van der Waals surface area contributed by atoms with Crippen molar-refractivity contribution < 1.29 is 42.1 Å². The highest BCUT2D eigenvalue weighted by molar-refractivity contribution is 7.47. The van der Waals surface area contributed by atoms with Gasteiger partial charge in [0.15, 0.2) is 6.10 Å². The smallest absolute Gasteiger partial charge is 0.462 e. The van der Waals surface area contributed by atoms with Crippen LogP contribution in [0.1, 0.15) is 264 Å². The van der Waals surface area contributed by atoms with Gasteiger partial charge in [0.2, 0.25) is 0 Å². The van der Waals surface area contributed by atoms with E-state index in [2.05, 4.69) is 111 Å². The van der Waals surface area contributed by atoms with Gasteiger partial charge in [-0.15, -0.1) is 0 Å². The SMILES string of the molecule is CC/C=C\C/C=C\C/C=C\C/C=C\C/C=C\C/C=C\C/C=C\C/C=C\CCCCCCCCCCCCC(=O)OC(COC(=O)CCCCCCCCCCCCCCCCCCCC)COP(=O)(O)OCC[N+](C)(C)C. The second-order valence-corrected chi connectivity index (χ2v) is 23.5. The third kappa shape index (κ3) is 62.0. The lowest BCUT2D eigenvalue weighted by atomic mass is 10.0. The van der Waals surface area contributed by atoms with Gasteiger partial charge < -0.3 is 18.9 Å². The van der Waals surface area contributed by atoms with E-state index in [-0.39, 0.29) is 32.0 Å². The Balaban J connectivity index is 4.12. The molecule has 0 spiro atoms. The van der Waals surface area contributed by atoms with E-state index in [1.165, 1.54) is 135 Å². The zero-order valence-electron chi connectivity index (χ0n) is 50.4. The highest BCUT2D eigenvalue weighted by Gasteiger charge is 2.27. The number of likely N-dealkylation sites (N-methyl/N-ethyl adjacent to an activating group) is 1. The molecule has 0 amide bonds. The second kappa shape index (κ2) is 57.6. The van der Waals surface area contributed by atoms with Crippen LogP contribution in [0.5, 0.6) is 0 Å². The zero-order chi connectivity index (χ0) is 56.3. The fourth-order valence-electron chi connectivity index (χ4n) is 8.56. The molecule has 9 nitrogen and oxygen atoms in total. The molecule has 0 aliphatic carbocycles. The first-order valence-electron chi connectivity index (χ1n) is 31.5. The first-order valence-corrected chi connectivity index (χ1v) is 33.0. The summed E-state index contributed by atoms with van der Waals surface area (Å²) in [6, 6.07) is 0. The van der Waals surface area contributed by atoms with Crippen LogP contribution >= 0.6 is 7.82 Å². The number of carbonyl (C=O) groups excluding carboxylic acids is 2. The number of phosphoric ester groups is 1. The van der Waals surface area contributed by atoms with Crippen molar-refractivity contribution in [3.8, 4) is 0 Å². The summed E-state index contributed by atoms with van der Waals surface area (Å²) in [5, 5.41) is 0. The van der Waals surface area contributed by atoms with Crippen molar-refractivity contribution in [2.75, 3.05) is 47.5 Å². The van der Waals surface area contributed by atoms with Crippen molar-refractivity contribution >= 4 is 19.8 Å². The molecule has 444 valence electrons. The molecule has 0 saturated heterocycles. The summed E-state index contributed by atoms with van der Waals surface area (Å²) in [5.41, 5.74) is 0. The lowest BCUT2D eigenvalue weighted by molar-refractivity contribution is -0.870. The molecule has 0 fully saturated rings. The van der Waals surface area contributed by atoms with Gasteiger partial charge in [-0.3, -0.25) is 18.6 Å². The maximum atomic E-state index is 12.8. The van der Waals surface area contributed by atoms with Crippen molar-refractivity contribution in [1.29, 1.82) is 0 Å². The second-order valence-electron chi connectivity index (χ2n) is 22.1. The Hall–Kier alpha value is -3.07. The molecule has 0 radical (unpaired) electrons. The monoisotopic (exact) mass is 1100 g/mol. The van der Waals surface area contributed by atoms with Gasteiger partial charge in [0.1, 0.15) is 19.8 Å². The molecule has 0 aromatic carbocycles. The number of allylic oxidation sites excluding steroid dienone is 16. The molecule has 2 unspecified atom stereocenters.